The summed E-state index contributed by atoms with van der Waals surface area (Å²) in [6, 6.07) is 11.7. The number of aromatic nitrogens is 1. The zero-order chi connectivity index (χ0) is 26.1. The van der Waals surface area contributed by atoms with E-state index in [4.69, 9.17) is 4.74 Å². The Bertz CT molecular complexity index is 1010. The number of nitrogens with one attached hydrogen (secondary N) is 2. The van der Waals surface area contributed by atoms with Gasteiger partial charge in [0.25, 0.3) is 0 Å². The van der Waals surface area contributed by atoms with Gasteiger partial charge in [-0.05, 0) is 63.4 Å². The largest absolute Gasteiger partial charge is 0.497 e. The standard InChI is InChI=1S/C28H38N4O4/c1-28(2,3)31-27(35)26(20-13-15-22(36-4)16-14-20)32(21-10-6-5-7-11-21)25(34)18-17-24(33)30-23-12-8-9-19-29-23/h8-9,12-16,19,21,26H,5-7,10-11,17-18H2,1-4H3,(H,31,35)(H,29,30,33)/t26-/m1/s1. The molecule has 2 aromatic rings. The van der Waals surface area contributed by atoms with Crippen molar-refractivity contribution in [2.75, 3.05) is 12.4 Å². The Morgan fingerprint density at radius 1 is 1.03 bits per heavy atom. The number of nitrogens with zero attached hydrogens (tertiary/aromatic N) is 2. The van der Waals surface area contributed by atoms with Crippen LogP contribution in [-0.4, -0.2) is 46.3 Å². The second-order valence-electron chi connectivity index (χ2n) is 10.3. The van der Waals surface area contributed by atoms with Crippen molar-refractivity contribution in [3.05, 3.63) is 54.2 Å². The summed E-state index contributed by atoms with van der Waals surface area (Å²) in [6.45, 7) is 5.76. The van der Waals surface area contributed by atoms with Crippen LogP contribution in [0.1, 0.15) is 77.3 Å². The van der Waals surface area contributed by atoms with Gasteiger partial charge in [-0.3, -0.25) is 14.4 Å². The maximum absolute atomic E-state index is 13.7. The molecule has 2 N–H and O–H groups in total. The van der Waals surface area contributed by atoms with Crippen LogP contribution in [-0.2, 0) is 14.4 Å². The Labute approximate surface area is 213 Å². The summed E-state index contributed by atoms with van der Waals surface area (Å²) in [7, 11) is 1.59. The lowest BCUT2D eigenvalue weighted by atomic mass is 9.90. The Morgan fingerprint density at radius 2 is 1.72 bits per heavy atom. The molecule has 1 aliphatic rings. The molecule has 3 rings (SSSR count). The van der Waals surface area contributed by atoms with Crippen molar-refractivity contribution in [2.24, 2.45) is 0 Å². The predicted octanol–water partition coefficient (Wildman–Crippen LogP) is 4.63. The summed E-state index contributed by atoms with van der Waals surface area (Å²) in [4.78, 5) is 45.8. The minimum absolute atomic E-state index is 0.00458. The van der Waals surface area contributed by atoms with E-state index in [1.165, 1.54) is 0 Å². The zero-order valence-corrected chi connectivity index (χ0v) is 21.8. The van der Waals surface area contributed by atoms with E-state index in [1.54, 1.807) is 48.5 Å². The summed E-state index contributed by atoms with van der Waals surface area (Å²) < 4.78 is 5.30. The summed E-state index contributed by atoms with van der Waals surface area (Å²) in [5.41, 5.74) is 0.250. The molecular formula is C28H38N4O4. The van der Waals surface area contributed by atoms with Crippen LogP contribution >= 0.6 is 0 Å². The van der Waals surface area contributed by atoms with E-state index in [2.05, 4.69) is 15.6 Å². The van der Waals surface area contributed by atoms with Crippen LogP contribution in [0.5, 0.6) is 5.75 Å². The van der Waals surface area contributed by atoms with Gasteiger partial charge in [0, 0.05) is 30.6 Å². The van der Waals surface area contributed by atoms with Gasteiger partial charge < -0.3 is 20.3 Å². The van der Waals surface area contributed by atoms with Crippen LogP contribution in [0.15, 0.2) is 48.7 Å². The lowest BCUT2D eigenvalue weighted by Crippen LogP contribution is -2.52. The maximum Gasteiger partial charge on any atom is 0.247 e. The van der Waals surface area contributed by atoms with E-state index in [-0.39, 0.29) is 36.6 Å². The first-order valence-electron chi connectivity index (χ1n) is 12.7. The van der Waals surface area contributed by atoms with Crippen LogP contribution in [0, 0.1) is 0 Å². The molecule has 36 heavy (non-hydrogen) atoms. The molecule has 1 heterocycles. The van der Waals surface area contributed by atoms with Gasteiger partial charge in [-0.25, -0.2) is 4.98 Å². The molecule has 1 fully saturated rings. The second-order valence-corrected chi connectivity index (χ2v) is 10.3. The zero-order valence-electron chi connectivity index (χ0n) is 21.8. The monoisotopic (exact) mass is 494 g/mol. The van der Waals surface area contributed by atoms with Gasteiger partial charge >= 0.3 is 0 Å². The van der Waals surface area contributed by atoms with Crippen LogP contribution in [0.2, 0.25) is 0 Å². The number of hydrogen-bond acceptors (Lipinski definition) is 5. The highest BCUT2D eigenvalue weighted by Gasteiger charge is 2.37. The fourth-order valence-electron chi connectivity index (χ4n) is 4.57. The normalized spacial score (nSPS) is 15.0. The number of rotatable bonds is 9. The van der Waals surface area contributed by atoms with Gasteiger partial charge in [-0.1, -0.05) is 37.5 Å². The van der Waals surface area contributed by atoms with Crippen molar-refractivity contribution >= 4 is 23.5 Å². The predicted molar refractivity (Wildman–Crippen MR) is 139 cm³/mol. The van der Waals surface area contributed by atoms with Crippen molar-refractivity contribution in [3.63, 3.8) is 0 Å². The van der Waals surface area contributed by atoms with E-state index in [0.29, 0.717) is 11.6 Å². The SMILES string of the molecule is COc1ccc([C@H](C(=O)NC(C)(C)C)N(C(=O)CCC(=O)Nc2ccccn2)C2CCCCC2)cc1. The third-order valence-electron chi connectivity index (χ3n) is 6.21. The maximum atomic E-state index is 13.7. The molecule has 3 amide bonds. The van der Waals surface area contributed by atoms with Crippen LogP contribution < -0.4 is 15.4 Å². The number of carbonyl (C=O) groups is 3. The molecule has 0 aliphatic heterocycles. The first kappa shape index (κ1) is 27.2. The molecule has 0 spiro atoms. The Morgan fingerprint density at radius 3 is 2.31 bits per heavy atom. The number of hydrogen-bond donors (Lipinski definition) is 2. The van der Waals surface area contributed by atoms with E-state index in [9.17, 15) is 14.4 Å². The molecule has 0 unspecified atom stereocenters. The van der Waals surface area contributed by atoms with Gasteiger partial charge in [-0.2, -0.15) is 0 Å². The summed E-state index contributed by atoms with van der Waals surface area (Å²) >= 11 is 0. The average molecular weight is 495 g/mol. The number of methoxy groups -OCH3 is 1. The van der Waals surface area contributed by atoms with Crippen molar-refractivity contribution in [1.82, 2.24) is 15.2 Å². The fourth-order valence-corrected chi connectivity index (χ4v) is 4.57. The molecular weight excluding hydrogens is 456 g/mol. The van der Waals surface area contributed by atoms with Crippen molar-refractivity contribution < 1.29 is 19.1 Å². The molecule has 194 valence electrons. The van der Waals surface area contributed by atoms with E-state index >= 15 is 0 Å². The molecule has 1 aromatic carbocycles. The molecule has 1 atom stereocenters. The number of benzene rings is 1. The number of amides is 3. The Hall–Kier alpha value is -3.42. The highest BCUT2D eigenvalue weighted by Crippen LogP contribution is 2.33. The van der Waals surface area contributed by atoms with Gasteiger partial charge in [0.1, 0.15) is 17.6 Å². The molecule has 8 heteroatoms. The molecule has 0 radical (unpaired) electrons. The van der Waals surface area contributed by atoms with E-state index in [1.807, 2.05) is 32.9 Å². The molecule has 1 saturated carbocycles. The molecule has 0 bridgehead atoms. The second kappa shape index (κ2) is 12.5. The van der Waals surface area contributed by atoms with Crippen molar-refractivity contribution in [2.45, 2.75) is 83.3 Å². The first-order valence-corrected chi connectivity index (χ1v) is 12.7. The van der Waals surface area contributed by atoms with Gasteiger partial charge in [-0.15, -0.1) is 0 Å². The van der Waals surface area contributed by atoms with Crippen molar-refractivity contribution in [3.8, 4) is 5.75 Å². The Kier molecular flexibility index (Phi) is 9.44. The lowest BCUT2D eigenvalue weighted by molar-refractivity contribution is -0.145. The number of anilines is 1. The third kappa shape index (κ3) is 7.80. The van der Waals surface area contributed by atoms with Gasteiger partial charge in [0.2, 0.25) is 17.7 Å². The van der Waals surface area contributed by atoms with Crippen LogP contribution in [0.25, 0.3) is 0 Å². The smallest absolute Gasteiger partial charge is 0.247 e. The van der Waals surface area contributed by atoms with Gasteiger partial charge in [0.15, 0.2) is 0 Å². The number of carbonyl (C=O) groups excluding carboxylic acids is 3. The lowest BCUT2D eigenvalue weighted by Gasteiger charge is -2.40. The van der Waals surface area contributed by atoms with Crippen molar-refractivity contribution in [1.29, 1.82) is 0 Å². The first-order chi connectivity index (χ1) is 17.2. The molecule has 8 nitrogen and oxygen atoms in total. The highest BCUT2D eigenvalue weighted by molar-refractivity contribution is 5.94. The van der Waals surface area contributed by atoms with Crippen LogP contribution in [0.4, 0.5) is 5.82 Å². The third-order valence-corrected chi connectivity index (χ3v) is 6.21. The summed E-state index contributed by atoms with van der Waals surface area (Å²) in [6.07, 6.45) is 6.41. The molecule has 0 saturated heterocycles. The quantitative estimate of drug-likeness (QED) is 0.530. The number of pyridine rings is 1. The molecule has 1 aliphatic carbocycles. The fraction of sp³-hybridized carbons (Fsp3) is 0.500. The summed E-state index contributed by atoms with van der Waals surface area (Å²) in [5.74, 6) is 0.397. The highest BCUT2D eigenvalue weighted by atomic mass is 16.5. The van der Waals surface area contributed by atoms with Crippen LogP contribution in [0.3, 0.4) is 0 Å². The minimum atomic E-state index is -0.801. The van der Waals surface area contributed by atoms with E-state index < -0.39 is 11.6 Å². The topological polar surface area (TPSA) is 101 Å². The average Bonchev–Trinajstić information content (AvgIpc) is 2.86. The van der Waals surface area contributed by atoms with E-state index in [0.717, 1.165) is 37.7 Å². The minimum Gasteiger partial charge on any atom is -0.497 e. The molecule has 1 aromatic heterocycles. The van der Waals surface area contributed by atoms with Gasteiger partial charge in [0.05, 0.1) is 7.11 Å². The Balaban J connectivity index is 1.87. The summed E-state index contributed by atoms with van der Waals surface area (Å²) in [5, 5.41) is 5.80. The number of ether oxygens (including phenoxy) is 1.